The van der Waals surface area contributed by atoms with E-state index in [1.54, 1.807) is 11.3 Å². The Morgan fingerprint density at radius 1 is 1.09 bits per heavy atom. The number of benzene rings is 2. The number of thiazole rings is 1. The maximum atomic E-state index is 10.8. The van der Waals surface area contributed by atoms with Crippen LogP contribution in [0, 0.1) is 6.92 Å². The normalized spacial score (nSPS) is 11.9. The predicted molar refractivity (Wildman–Crippen MR) is 91.4 cm³/mol. The van der Waals surface area contributed by atoms with E-state index in [0.717, 1.165) is 26.4 Å². The summed E-state index contributed by atoms with van der Waals surface area (Å²) in [5.74, 6) is -0.324. The summed E-state index contributed by atoms with van der Waals surface area (Å²) in [7, 11) is -4.15. The summed E-state index contributed by atoms with van der Waals surface area (Å²) in [5.41, 5.74) is 3.35. The van der Waals surface area contributed by atoms with Crippen LogP contribution in [0.4, 0.5) is 0 Å². The van der Waals surface area contributed by atoms with E-state index < -0.39 is 10.1 Å². The third-order valence-electron chi connectivity index (χ3n) is 3.77. The molecule has 0 unspecified atom stereocenters. The Morgan fingerprint density at radius 2 is 1.83 bits per heavy atom. The summed E-state index contributed by atoms with van der Waals surface area (Å²) in [6, 6.07) is 16.4. The van der Waals surface area contributed by atoms with Crippen molar-refractivity contribution in [3.05, 3.63) is 53.5 Å². The molecule has 0 bridgehead atoms. The molecule has 0 aliphatic rings. The number of hydrogen-bond acceptors (Lipinski definition) is 4. The van der Waals surface area contributed by atoms with Crippen molar-refractivity contribution in [3.63, 3.8) is 0 Å². The number of fused-ring (bicyclic) bond motifs is 1. The van der Waals surface area contributed by atoms with Gasteiger partial charge in [-0.25, -0.2) is 8.42 Å². The van der Waals surface area contributed by atoms with Crippen molar-refractivity contribution >= 4 is 31.7 Å². The molecule has 23 heavy (non-hydrogen) atoms. The van der Waals surface area contributed by atoms with Crippen molar-refractivity contribution in [1.29, 1.82) is 0 Å². The number of rotatable bonds is 5. The maximum Gasteiger partial charge on any atom is 0.235 e. The van der Waals surface area contributed by atoms with Gasteiger partial charge in [-0.3, -0.25) is 0 Å². The minimum atomic E-state index is -4.15. The van der Waals surface area contributed by atoms with Crippen molar-refractivity contribution in [1.82, 2.24) is 0 Å². The molecule has 0 aliphatic carbocycles. The molecule has 1 aromatic heterocycles. The highest BCUT2D eigenvalue weighted by Gasteiger charge is 2.18. The summed E-state index contributed by atoms with van der Waals surface area (Å²) >= 11 is 1.68. The zero-order chi connectivity index (χ0) is 16.4. The van der Waals surface area contributed by atoms with Gasteiger partial charge >= 0.3 is 0 Å². The van der Waals surface area contributed by atoms with Crippen LogP contribution in [0.25, 0.3) is 21.3 Å². The number of aromatic nitrogens is 1. The third-order valence-corrected chi connectivity index (χ3v) is 5.64. The molecule has 120 valence electrons. The van der Waals surface area contributed by atoms with E-state index in [1.165, 1.54) is 0 Å². The second-order valence-electron chi connectivity index (χ2n) is 5.44. The molecule has 0 N–H and O–H groups in total. The van der Waals surface area contributed by atoms with Gasteiger partial charge in [0, 0.05) is 25.2 Å². The minimum absolute atomic E-state index is 0.324. The van der Waals surface area contributed by atoms with Crippen LogP contribution < -0.4 is 4.57 Å². The lowest BCUT2D eigenvalue weighted by molar-refractivity contribution is -0.672. The lowest BCUT2D eigenvalue weighted by Crippen LogP contribution is -2.35. The van der Waals surface area contributed by atoms with Gasteiger partial charge in [-0.05, 0) is 17.2 Å². The van der Waals surface area contributed by atoms with Gasteiger partial charge in [0.15, 0.2) is 6.54 Å². The third kappa shape index (κ3) is 3.77. The molecular weight excluding hydrogens is 330 g/mol. The molecule has 0 amide bonds. The van der Waals surface area contributed by atoms with Gasteiger partial charge in [0.05, 0.1) is 10.1 Å². The smallest absolute Gasteiger partial charge is 0.235 e. The van der Waals surface area contributed by atoms with Crippen molar-refractivity contribution in [3.8, 4) is 11.1 Å². The van der Waals surface area contributed by atoms with Crippen LogP contribution in [0.2, 0.25) is 0 Å². The highest BCUT2D eigenvalue weighted by Crippen LogP contribution is 2.26. The van der Waals surface area contributed by atoms with Gasteiger partial charge in [-0.1, -0.05) is 47.7 Å². The molecule has 0 radical (unpaired) electrons. The molecule has 4 nitrogen and oxygen atoms in total. The molecule has 0 atom stereocenters. The van der Waals surface area contributed by atoms with E-state index in [2.05, 4.69) is 34.9 Å². The zero-order valence-electron chi connectivity index (χ0n) is 12.7. The maximum absolute atomic E-state index is 10.8. The van der Waals surface area contributed by atoms with E-state index in [1.807, 2.05) is 25.1 Å². The predicted octanol–water partition coefficient (Wildman–Crippen LogP) is 3.10. The summed E-state index contributed by atoms with van der Waals surface area (Å²) in [5, 5.41) is 1.11. The van der Waals surface area contributed by atoms with Crippen LogP contribution >= 0.6 is 11.3 Å². The molecule has 3 aromatic rings. The first-order valence-electron chi connectivity index (χ1n) is 7.36. The lowest BCUT2D eigenvalue weighted by Gasteiger charge is -2.04. The topological polar surface area (TPSA) is 61.1 Å². The number of hydrogen-bond donors (Lipinski definition) is 0. The Bertz CT molecular complexity index is 931. The Hall–Kier alpha value is -1.76. The molecule has 0 fully saturated rings. The average Bonchev–Trinajstić information content (AvgIpc) is 2.82. The highest BCUT2D eigenvalue weighted by atomic mass is 32.2. The Labute approximate surface area is 139 Å². The van der Waals surface area contributed by atoms with Gasteiger partial charge in [0.1, 0.15) is 4.70 Å². The van der Waals surface area contributed by atoms with Gasteiger partial charge in [0.2, 0.25) is 10.5 Å². The van der Waals surface area contributed by atoms with Crippen molar-refractivity contribution in [2.45, 2.75) is 19.9 Å². The summed E-state index contributed by atoms with van der Waals surface area (Å²) in [6.07, 6.45) is 0.332. The van der Waals surface area contributed by atoms with E-state index in [0.29, 0.717) is 13.0 Å². The molecule has 0 aliphatic heterocycles. The Morgan fingerprint density at radius 3 is 2.52 bits per heavy atom. The second kappa shape index (κ2) is 6.39. The van der Waals surface area contributed by atoms with Crippen LogP contribution in [0.3, 0.4) is 0 Å². The highest BCUT2D eigenvalue weighted by molar-refractivity contribution is 7.85. The van der Waals surface area contributed by atoms with Gasteiger partial charge < -0.3 is 4.55 Å². The van der Waals surface area contributed by atoms with E-state index in [4.69, 9.17) is 0 Å². The van der Waals surface area contributed by atoms with Gasteiger partial charge in [-0.2, -0.15) is 4.57 Å². The molecular formula is C17H17NO3S2. The SMILES string of the molecule is Cc1sc2ccc(-c3ccccc3)cc2[n+]1CCCS(=O)(=O)[O-]. The Balaban J connectivity index is 1.96. The van der Waals surface area contributed by atoms with E-state index >= 15 is 0 Å². The van der Waals surface area contributed by atoms with Crippen molar-refractivity contribution in [2.24, 2.45) is 0 Å². The first kappa shape index (κ1) is 16.1. The van der Waals surface area contributed by atoms with Crippen LogP contribution in [-0.4, -0.2) is 18.7 Å². The monoisotopic (exact) mass is 347 g/mol. The molecule has 0 saturated carbocycles. The lowest BCUT2D eigenvalue weighted by atomic mass is 10.1. The fraction of sp³-hybridized carbons (Fsp3) is 0.235. The van der Waals surface area contributed by atoms with Crippen molar-refractivity contribution < 1.29 is 17.5 Å². The molecule has 1 heterocycles. The summed E-state index contributed by atoms with van der Waals surface area (Å²) < 4.78 is 35.6. The van der Waals surface area contributed by atoms with E-state index in [-0.39, 0.29) is 5.75 Å². The fourth-order valence-electron chi connectivity index (χ4n) is 2.69. The summed E-state index contributed by atoms with van der Waals surface area (Å²) in [4.78, 5) is 0. The molecule has 6 heteroatoms. The number of aryl methyl sites for hydroxylation is 2. The molecule has 0 spiro atoms. The zero-order valence-corrected chi connectivity index (χ0v) is 14.4. The second-order valence-corrected chi connectivity index (χ2v) is 8.19. The van der Waals surface area contributed by atoms with Gasteiger partial charge in [0.25, 0.3) is 0 Å². The quantitative estimate of drug-likeness (QED) is 0.526. The first-order valence-corrected chi connectivity index (χ1v) is 9.75. The first-order chi connectivity index (χ1) is 10.9. The van der Waals surface area contributed by atoms with E-state index in [9.17, 15) is 13.0 Å². The van der Waals surface area contributed by atoms with Crippen LogP contribution in [0.1, 0.15) is 11.4 Å². The average molecular weight is 347 g/mol. The molecule has 0 saturated heterocycles. The summed E-state index contributed by atoms with van der Waals surface area (Å²) in [6.45, 7) is 2.55. The van der Waals surface area contributed by atoms with Crippen molar-refractivity contribution in [2.75, 3.05) is 5.75 Å². The van der Waals surface area contributed by atoms with Crippen LogP contribution in [-0.2, 0) is 16.7 Å². The largest absolute Gasteiger partial charge is 0.748 e. The van der Waals surface area contributed by atoms with Crippen LogP contribution in [0.5, 0.6) is 0 Å². The minimum Gasteiger partial charge on any atom is -0.748 e. The van der Waals surface area contributed by atoms with Crippen LogP contribution in [0.15, 0.2) is 48.5 Å². The standard InChI is InChI=1S/C17H17NO3S2/c1-13-18(10-5-11-23(19,20)21)16-12-15(8-9-17(16)22-13)14-6-3-2-4-7-14/h2-4,6-9,12H,5,10-11H2,1H3. The molecule has 2 aromatic carbocycles. The Kier molecular flexibility index (Phi) is 4.48. The fourth-order valence-corrected chi connectivity index (χ4v) is 4.20. The van der Waals surface area contributed by atoms with Gasteiger partial charge in [-0.15, -0.1) is 0 Å². The number of nitrogens with zero attached hydrogens (tertiary/aromatic N) is 1. The molecule has 3 rings (SSSR count).